The van der Waals surface area contributed by atoms with E-state index in [1.54, 1.807) is 11.3 Å². The summed E-state index contributed by atoms with van der Waals surface area (Å²) in [5.41, 5.74) is 0. The summed E-state index contributed by atoms with van der Waals surface area (Å²) in [5, 5.41) is 4.90. The minimum absolute atomic E-state index is 0.0382. The van der Waals surface area contributed by atoms with Crippen LogP contribution in [-0.4, -0.2) is 37.5 Å². The monoisotopic (exact) mass is 344 g/mol. The van der Waals surface area contributed by atoms with E-state index >= 15 is 0 Å². The maximum atomic E-state index is 12.3. The van der Waals surface area contributed by atoms with Crippen molar-refractivity contribution in [1.29, 1.82) is 0 Å². The van der Waals surface area contributed by atoms with Gasteiger partial charge in [-0.05, 0) is 30.7 Å². The molecule has 0 saturated carbocycles. The number of unbranched alkanes of at least 4 members (excludes halogenated alkanes) is 1. The molecule has 5 nitrogen and oxygen atoms in total. The number of rotatable bonds is 7. The zero-order valence-corrected chi connectivity index (χ0v) is 14.6. The van der Waals surface area contributed by atoms with Gasteiger partial charge < -0.3 is 5.32 Å². The minimum atomic E-state index is -3.21. The lowest BCUT2D eigenvalue weighted by Gasteiger charge is -2.31. The zero-order chi connectivity index (χ0) is 16.0. The van der Waals surface area contributed by atoms with Crippen molar-refractivity contribution in [1.82, 2.24) is 9.62 Å². The summed E-state index contributed by atoms with van der Waals surface area (Å²) in [5.74, 6) is -0.0820. The molecular formula is C15H24N2O3S2. The van der Waals surface area contributed by atoms with Crippen LogP contribution in [0.3, 0.4) is 0 Å². The Labute approximate surface area is 136 Å². The number of carbonyl (C=O) groups is 1. The van der Waals surface area contributed by atoms with Crippen LogP contribution in [0.25, 0.3) is 0 Å². The summed E-state index contributed by atoms with van der Waals surface area (Å²) in [7, 11) is -3.21. The van der Waals surface area contributed by atoms with E-state index in [9.17, 15) is 13.2 Å². The topological polar surface area (TPSA) is 66.5 Å². The summed E-state index contributed by atoms with van der Waals surface area (Å²) in [6.07, 6.45) is 3.05. The van der Waals surface area contributed by atoms with Crippen LogP contribution in [0, 0.1) is 5.92 Å². The highest BCUT2D eigenvalue weighted by atomic mass is 32.2. The summed E-state index contributed by atoms with van der Waals surface area (Å²) >= 11 is 1.60. The lowest BCUT2D eigenvalue weighted by molar-refractivity contribution is -0.126. The molecule has 1 amide bonds. The van der Waals surface area contributed by atoms with Gasteiger partial charge in [0.25, 0.3) is 0 Å². The van der Waals surface area contributed by atoms with Gasteiger partial charge in [-0.3, -0.25) is 4.79 Å². The van der Waals surface area contributed by atoms with Crippen LogP contribution in [0.1, 0.15) is 37.5 Å². The van der Waals surface area contributed by atoms with Gasteiger partial charge >= 0.3 is 0 Å². The Morgan fingerprint density at radius 3 is 3.00 bits per heavy atom. The molecule has 1 aromatic rings. The Bertz CT molecular complexity index is 570. The van der Waals surface area contributed by atoms with Gasteiger partial charge in [0.2, 0.25) is 15.9 Å². The summed E-state index contributed by atoms with van der Waals surface area (Å²) in [6.45, 7) is 3.37. The molecule has 0 unspecified atom stereocenters. The van der Waals surface area contributed by atoms with Gasteiger partial charge in [-0.2, -0.15) is 0 Å². The molecule has 1 aromatic heterocycles. The number of hydrogen-bond acceptors (Lipinski definition) is 4. The van der Waals surface area contributed by atoms with Gasteiger partial charge in [0, 0.05) is 18.0 Å². The van der Waals surface area contributed by atoms with Crippen LogP contribution >= 0.6 is 11.3 Å². The molecule has 124 valence electrons. The standard InChI is InChI=1S/C15H24N2O3S2/c1-2-3-10-22(19,20)17-8-4-6-13(12-17)15(18)16-11-14-7-5-9-21-14/h5,7,9,13H,2-4,6,8,10-12H2,1H3,(H,16,18)/t13-/m0/s1. The number of hydrogen-bond donors (Lipinski definition) is 1. The SMILES string of the molecule is CCCCS(=O)(=O)N1CCC[C@H](C(=O)NCc2cccs2)C1. The highest BCUT2D eigenvalue weighted by molar-refractivity contribution is 7.89. The van der Waals surface area contributed by atoms with Gasteiger partial charge in [-0.1, -0.05) is 19.4 Å². The largest absolute Gasteiger partial charge is 0.351 e. The van der Waals surface area contributed by atoms with Crippen LogP contribution in [0.15, 0.2) is 17.5 Å². The van der Waals surface area contributed by atoms with E-state index in [0.717, 1.165) is 24.1 Å². The number of amides is 1. The molecule has 2 rings (SSSR count). The molecule has 0 aromatic carbocycles. The van der Waals surface area contributed by atoms with Gasteiger partial charge in [0.15, 0.2) is 0 Å². The molecule has 0 bridgehead atoms. The molecular weight excluding hydrogens is 320 g/mol. The van der Waals surface area contributed by atoms with Crippen LogP contribution < -0.4 is 5.32 Å². The van der Waals surface area contributed by atoms with Crippen molar-refractivity contribution in [2.75, 3.05) is 18.8 Å². The molecule has 1 aliphatic heterocycles. The van der Waals surface area contributed by atoms with Crippen molar-refractivity contribution >= 4 is 27.3 Å². The summed E-state index contributed by atoms with van der Waals surface area (Å²) in [6, 6.07) is 3.93. The number of carbonyl (C=O) groups excluding carboxylic acids is 1. The Hall–Kier alpha value is -0.920. The molecule has 2 heterocycles. The first kappa shape index (κ1) is 17.4. The third-order valence-electron chi connectivity index (χ3n) is 3.92. The quantitative estimate of drug-likeness (QED) is 0.825. The number of sulfonamides is 1. The van der Waals surface area contributed by atoms with Gasteiger partial charge in [0.1, 0.15) is 0 Å². The van der Waals surface area contributed by atoms with Crippen molar-refractivity contribution < 1.29 is 13.2 Å². The highest BCUT2D eigenvalue weighted by Gasteiger charge is 2.31. The maximum Gasteiger partial charge on any atom is 0.224 e. The Morgan fingerprint density at radius 2 is 2.32 bits per heavy atom. The minimum Gasteiger partial charge on any atom is -0.351 e. The molecule has 0 aliphatic carbocycles. The number of nitrogens with one attached hydrogen (secondary N) is 1. The lowest BCUT2D eigenvalue weighted by atomic mass is 9.99. The van der Waals surface area contributed by atoms with E-state index in [0.29, 0.717) is 26.1 Å². The molecule has 0 radical (unpaired) electrons. The second-order valence-electron chi connectivity index (χ2n) is 5.66. The fourth-order valence-corrected chi connectivity index (χ4v) is 4.97. The highest BCUT2D eigenvalue weighted by Crippen LogP contribution is 2.20. The molecule has 1 saturated heterocycles. The van der Waals surface area contributed by atoms with E-state index in [4.69, 9.17) is 0 Å². The molecule has 1 fully saturated rings. The predicted octanol–water partition coefficient (Wildman–Crippen LogP) is 2.21. The fraction of sp³-hybridized carbons (Fsp3) is 0.667. The van der Waals surface area contributed by atoms with Crippen molar-refractivity contribution in [3.8, 4) is 0 Å². The Kier molecular flexibility index (Phi) is 6.40. The van der Waals surface area contributed by atoms with E-state index in [1.807, 2.05) is 24.4 Å². The fourth-order valence-electron chi connectivity index (χ4n) is 2.60. The summed E-state index contributed by atoms with van der Waals surface area (Å²) in [4.78, 5) is 13.4. The van der Waals surface area contributed by atoms with Crippen LogP contribution in [0.2, 0.25) is 0 Å². The molecule has 7 heteroatoms. The van der Waals surface area contributed by atoms with Crippen molar-refractivity contribution in [2.24, 2.45) is 5.92 Å². The Morgan fingerprint density at radius 1 is 1.50 bits per heavy atom. The first-order chi connectivity index (χ1) is 10.5. The second kappa shape index (κ2) is 8.08. The zero-order valence-electron chi connectivity index (χ0n) is 13.0. The third kappa shape index (κ3) is 4.79. The van der Waals surface area contributed by atoms with Gasteiger partial charge in [0.05, 0.1) is 18.2 Å². The maximum absolute atomic E-state index is 12.3. The van der Waals surface area contributed by atoms with Crippen LogP contribution in [0.4, 0.5) is 0 Å². The first-order valence-electron chi connectivity index (χ1n) is 7.81. The average Bonchev–Trinajstić information content (AvgIpc) is 3.04. The van der Waals surface area contributed by atoms with E-state index < -0.39 is 10.0 Å². The van der Waals surface area contributed by atoms with E-state index in [-0.39, 0.29) is 17.6 Å². The normalized spacial score (nSPS) is 20.0. The first-order valence-corrected chi connectivity index (χ1v) is 10.3. The van der Waals surface area contributed by atoms with Gasteiger partial charge in [-0.15, -0.1) is 11.3 Å². The van der Waals surface area contributed by atoms with Crippen LogP contribution in [-0.2, 0) is 21.4 Å². The van der Waals surface area contributed by atoms with E-state index in [2.05, 4.69) is 5.32 Å². The third-order valence-corrected chi connectivity index (χ3v) is 6.72. The number of thiophene rings is 1. The average molecular weight is 345 g/mol. The molecule has 1 atom stereocenters. The predicted molar refractivity (Wildman–Crippen MR) is 89.2 cm³/mol. The second-order valence-corrected chi connectivity index (χ2v) is 8.78. The molecule has 1 aliphatic rings. The van der Waals surface area contributed by atoms with Gasteiger partial charge in [-0.25, -0.2) is 12.7 Å². The number of piperidine rings is 1. The molecule has 0 spiro atoms. The molecule has 1 N–H and O–H groups in total. The van der Waals surface area contributed by atoms with Crippen LogP contribution in [0.5, 0.6) is 0 Å². The lowest BCUT2D eigenvalue weighted by Crippen LogP contribution is -2.45. The van der Waals surface area contributed by atoms with E-state index in [1.165, 1.54) is 4.31 Å². The summed E-state index contributed by atoms with van der Waals surface area (Å²) < 4.78 is 26.0. The van der Waals surface area contributed by atoms with Crippen molar-refractivity contribution in [2.45, 2.75) is 39.2 Å². The number of nitrogens with zero attached hydrogens (tertiary/aromatic N) is 1. The molecule has 22 heavy (non-hydrogen) atoms. The Balaban J connectivity index is 1.88. The smallest absolute Gasteiger partial charge is 0.224 e. The van der Waals surface area contributed by atoms with Crippen molar-refractivity contribution in [3.05, 3.63) is 22.4 Å². The van der Waals surface area contributed by atoms with Crippen molar-refractivity contribution in [3.63, 3.8) is 0 Å².